The van der Waals surface area contributed by atoms with Gasteiger partial charge in [-0.25, -0.2) is 4.39 Å². The second kappa shape index (κ2) is 5.59. The average molecular weight is 298 g/mol. The normalized spacial score (nSPS) is 10.5. The largest absolute Gasteiger partial charge is 0.398 e. The van der Waals surface area contributed by atoms with Crippen molar-refractivity contribution in [1.29, 1.82) is 0 Å². The summed E-state index contributed by atoms with van der Waals surface area (Å²) in [5.41, 5.74) is 6.55. The van der Waals surface area contributed by atoms with Crippen molar-refractivity contribution in [3.63, 3.8) is 0 Å². The third kappa shape index (κ3) is 3.06. The molecule has 98 valence electrons. The first kappa shape index (κ1) is 13.8. The van der Waals surface area contributed by atoms with Crippen LogP contribution in [0.2, 0.25) is 10.0 Å². The number of ketones is 1. The minimum atomic E-state index is -0.511. The van der Waals surface area contributed by atoms with Crippen LogP contribution in [0.1, 0.15) is 15.9 Å². The van der Waals surface area contributed by atoms with E-state index in [9.17, 15) is 9.18 Å². The number of Topliss-reactive ketones (excluding diaryl/α,β-unsaturated/α-hetero) is 1. The van der Waals surface area contributed by atoms with Gasteiger partial charge in [-0.3, -0.25) is 4.79 Å². The van der Waals surface area contributed by atoms with Crippen LogP contribution in [0.15, 0.2) is 36.4 Å². The van der Waals surface area contributed by atoms with Crippen LogP contribution in [0.5, 0.6) is 0 Å². The van der Waals surface area contributed by atoms with Gasteiger partial charge in [-0.2, -0.15) is 0 Å². The molecule has 2 N–H and O–H groups in total. The second-order valence-corrected chi connectivity index (χ2v) is 4.85. The van der Waals surface area contributed by atoms with E-state index in [1.165, 1.54) is 12.1 Å². The number of hydrogen-bond acceptors (Lipinski definition) is 2. The van der Waals surface area contributed by atoms with Crippen LogP contribution in [0.3, 0.4) is 0 Å². The number of benzene rings is 2. The summed E-state index contributed by atoms with van der Waals surface area (Å²) in [5, 5.41) is 0.798. The molecule has 2 aromatic carbocycles. The van der Waals surface area contributed by atoms with E-state index >= 15 is 0 Å². The highest BCUT2D eigenvalue weighted by Gasteiger charge is 2.15. The van der Waals surface area contributed by atoms with Crippen LogP contribution >= 0.6 is 23.2 Å². The summed E-state index contributed by atoms with van der Waals surface area (Å²) in [6.07, 6.45) is -0.0217. The molecule has 2 aromatic rings. The topological polar surface area (TPSA) is 43.1 Å². The Morgan fingerprint density at radius 3 is 2.42 bits per heavy atom. The number of rotatable bonds is 3. The maximum atomic E-state index is 13.1. The molecule has 0 aliphatic rings. The lowest BCUT2D eigenvalue weighted by atomic mass is 10.0. The van der Waals surface area contributed by atoms with Gasteiger partial charge in [-0.15, -0.1) is 0 Å². The lowest BCUT2D eigenvalue weighted by molar-refractivity contribution is 0.0993. The van der Waals surface area contributed by atoms with Crippen LogP contribution < -0.4 is 5.73 Å². The summed E-state index contributed by atoms with van der Waals surface area (Å²) >= 11 is 12.0. The van der Waals surface area contributed by atoms with E-state index in [1.54, 1.807) is 18.2 Å². The molecule has 0 aliphatic heterocycles. The molecule has 0 bridgehead atoms. The minimum absolute atomic E-state index is 0.0217. The molecule has 0 fully saturated rings. The lowest BCUT2D eigenvalue weighted by Crippen LogP contribution is -2.08. The molecule has 2 nitrogen and oxygen atoms in total. The van der Waals surface area contributed by atoms with Crippen molar-refractivity contribution < 1.29 is 9.18 Å². The van der Waals surface area contributed by atoms with Crippen molar-refractivity contribution >= 4 is 34.7 Å². The van der Waals surface area contributed by atoms with Crippen molar-refractivity contribution in [2.45, 2.75) is 6.42 Å². The molecule has 2 rings (SSSR count). The summed E-state index contributed by atoms with van der Waals surface area (Å²) < 4.78 is 13.1. The lowest BCUT2D eigenvalue weighted by Gasteiger charge is -2.08. The highest BCUT2D eigenvalue weighted by molar-refractivity contribution is 6.36. The Balaban J connectivity index is 2.34. The number of carbonyl (C=O) groups excluding carboxylic acids is 1. The maximum absolute atomic E-state index is 13.1. The third-order valence-electron chi connectivity index (χ3n) is 2.71. The smallest absolute Gasteiger partial charge is 0.169 e. The molecule has 0 aliphatic carbocycles. The van der Waals surface area contributed by atoms with E-state index in [2.05, 4.69) is 0 Å². The number of nitrogen functional groups attached to an aromatic ring is 1. The number of carbonyl (C=O) groups is 1. The molecule has 0 saturated carbocycles. The van der Waals surface area contributed by atoms with Gasteiger partial charge >= 0.3 is 0 Å². The fourth-order valence-electron chi connectivity index (χ4n) is 1.73. The summed E-state index contributed by atoms with van der Waals surface area (Å²) in [4.78, 5) is 12.1. The Kier molecular flexibility index (Phi) is 4.08. The van der Waals surface area contributed by atoms with Gasteiger partial charge in [0.2, 0.25) is 0 Å². The Labute approximate surface area is 119 Å². The van der Waals surface area contributed by atoms with Crippen molar-refractivity contribution in [2.75, 3.05) is 5.73 Å². The van der Waals surface area contributed by atoms with Crippen LogP contribution in [0, 0.1) is 5.82 Å². The summed E-state index contributed by atoms with van der Waals surface area (Å²) in [7, 11) is 0. The molecule has 0 spiro atoms. The predicted molar refractivity (Wildman–Crippen MR) is 75.3 cm³/mol. The monoisotopic (exact) mass is 297 g/mol. The molecule has 0 atom stereocenters. The zero-order valence-electron chi connectivity index (χ0n) is 9.79. The zero-order chi connectivity index (χ0) is 14.0. The molecular weight excluding hydrogens is 288 g/mol. The Morgan fingerprint density at radius 1 is 1.16 bits per heavy atom. The summed E-state index contributed by atoms with van der Waals surface area (Å²) in [6.45, 7) is 0. The molecule has 0 aromatic heterocycles. The third-order valence-corrected chi connectivity index (χ3v) is 3.42. The fraction of sp³-hybridized carbons (Fsp3) is 0.0714. The predicted octanol–water partition coefficient (Wildman–Crippen LogP) is 4.14. The molecule has 0 amide bonds. The molecular formula is C14H10Cl2FNO. The van der Waals surface area contributed by atoms with E-state index in [0.29, 0.717) is 15.6 Å². The molecule has 0 radical (unpaired) electrons. The first-order valence-electron chi connectivity index (χ1n) is 5.50. The second-order valence-electron chi connectivity index (χ2n) is 4.03. The number of hydrogen-bond donors (Lipinski definition) is 1. The summed E-state index contributed by atoms with van der Waals surface area (Å²) in [6, 6.07) is 8.65. The van der Waals surface area contributed by atoms with Crippen LogP contribution in [0.4, 0.5) is 10.1 Å². The summed E-state index contributed by atoms with van der Waals surface area (Å²) in [5.74, 6) is -0.838. The van der Waals surface area contributed by atoms with E-state index < -0.39 is 5.82 Å². The van der Waals surface area contributed by atoms with Gasteiger partial charge in [-0.05, 0) is 35.9 Å². The van der Waals surface area contributed by atoms with Gasteiger partial charge in [0.1, 0.15) is 5.82 Å². The Bertz CT molecular complexity index is 623. The van der Waals surface area contributed by atoms with Gasteiger partial charge in [0, 0.05) is 27.7 Å². The van der Waals surface area contributed by atoms with Crippen LogP contribution in [-0.2, 0) is 6.42 Å². The first-order chi connectivity index (χ1) is 8.99. The van der Waals surface area contributed by atoms with Gasteiger partial charge in [0.05, 0.1) is 0 Å². The van der Waals surface area contributed by atoms with Gasteiger partial charge in [-0.1, -0.05) is 29.3 Å². The van der Waals surface area contributed by atoms with Crippen molar-refractivity contribution in [3.05, 3.63) is 63.4 Å². The first-order valence-corrected chi connectivity index (χ1v) is 6.25. The standard InChI is InChI=1S/C14H10Cl2FNO/c15-11-2-1-3-12(16)9(11)7-14(19)10-6-8(17)4-5-13(10)18/h1-6H,7,18H2. The van der Waals surface area contributed by atoms with E-state index in [0.717, 1.165) is 6.07 Å². The average Bonchev–Trinajstić information content (AvgIpc) is 2.37. The molecule has 0 saturated heterocycles. The molecule has 19 heavy (non-hydrogen) atoms. The zero-order valence-corrected chi connectivity index (χ0v) is 11.3. The maximum Gasteiger partial charge on any atom is 0.169 e. The quantitative estimate of drug-likeness (QED) is 0.683. The van der Waals surface area contributed by atoms with Gasteiger partial charge in [0.15, 0.2) is 5.78 Å². The Hall–Kier alpha value is -1.58. The van der Waals surface area contributed by atoms with Crippen molar-refractivity contribution in [3.8, 4) is 0 Å². The molecule has 0 unspecified atom stereocenters. The number of anilines is 1. The highest BCUT2D eigenvalue weighted by atomic mass is 35.5. The van der Waals surface area contributed by atoms with E-state index in [-0.39, 0.29) is 23.5 Å². The van der Waals surface area contributed by atoms with Gasteiger partial charge < -0.3 is 5.73 Å². The Morgan fingerprint density at radius 2 is 1.79 bits per heavy atom. The van der Waals surface area contributed by atoms with Crippen LogP contribution in [0.25, 0.3) is 0 Å². The fourth-order valence-corrected chi connectivity index (χ4v) is 2.26. The van der Waals surface area contributed by atoms with Crippen molar-refractivity contribution in [1.82, 2.24) is 0 Å². The molecule has 0 heterocycles. The molecule has 5 heteroatoms. The number of nitrogens with two attached hydrogens (primary N) is 1. The minimum Gasteiger partial charge on any atom is -0.398 e. The van der Waals surface area contributed by atoms with E-state index in [4.69, 9.17) is 28.9 Å². The van der Waals surface area contributed by atoms with E-state index in [1.807, 2.05) is 0 Å². The number of halogens is 3. The van der Waals surface area contributed by atoms with Gasteiger partial charge in [0.25, 0.3) is 0 Å². The van der Waals surface area contributed by atoms with Crippen LogP contribution in [-0.4, -0.2) is 5.78 Å². The highest BCUT2D eigenvalue weighted by Crippen LogP contribution is 2.26. The van der Waals surface area contributed by atoms with Crippen molar-refractivity contribution in [2.24, 2.45) is 0 Å². The SMILES string of the molecule is Nc1ccc(F)cc1C(=O)Cc1c(Cl)cccc1Cl.